The lowest BCUT2D eigenvalue weighted by Crippen LogP contribution is -2.36. The second-order valence-electron chi connectivity index (χ2n) is 7.19. The van der Waals surface area contributed by atoms with Gasteiger partial charge in [0, 0.05) is 19.2 Å². The van der Waals surface area contributed by atoms with Crippen LogP contribution in [0, 0.1) is 0 Å². The van der Waals surface area contributed by atoms with Crippen LogP contribution in [0.3, 0.4) is 0 Å². The standard InChI is InChI=1S/C25H25ClN2O4/c1-31-23-15-22(27)21(26)14-20(23)25(30)32-17-24(29)28(16-19-10-6-3-7-11-19)13-12-18-8-4-2-5-9-18/h2-11,14-15H,12-13,16-17,27H2,1H3. The zero-order valence-corrected chi connectivity index (χ0v) is 18.5. The highest BCUT2D eigenvalue weighted by molar-refractivity contribution is 6.33. The minimum absolute atomic E-state index is 0.110. The van der Waals surface area contributed by atoms with Crippen LogP contribution in [0.15, 0.2) is 72.8 Å². The van der Waals surface area contributed by atoms with Crippen molar-refractivity contribution in [3.8, 4) is 5.75 Å². The third kappa shape index (κ3) is 6.25. The molecule has 0 atom stereocenters. The highest BCUT2D eigenvalue weighted by Crippen LogP contribution is 2.29. The molecule has 3 rings (SSSR count). The SMILES string of the molecule is COc1cc(N)c(Cl)cc1C(=O)OCC(=O)N(CCc1ccccc1)Cc1ccccc1. The van der Waals surface area contributed by atoms with Crippen molar-refractivity contribution in [2.24, 2.45) is 0 Å². The molecule has 0 radical (unpaired) electrons. The first-order valence-corrected chi connectivity index (χ1v) is 10.5. The first-order chi connectivity index (χ1) is 15.5. The monoisotopic (exact) mass is 452 g/mol. The number of amides is 1. The second kappa shape index (κ2) is 11.2. The van der Waals surface area contributed by atoms with E-state index in [-0.39, 0.29) is 27.9 Å². The maximum absolute atomic E-state index is 13.0. The summed E-state index contributed by atoms with van der Waals surface area (Å²) in [6.45, 7) is 0.513. The van der Waals surface area contributed by atoms with E-state index >= 15 is 0 Å². The van der Waals surface area contributed by atoms with Crippen molar-refractivity contribution >= 4 is 29.2 Å². The van der Waals surface area contributed by atoms with Crippen LogP contribution < -0.4 is 10.5 Å². The summed E-state index contributed by atoms with van der Waals surface area (Å²) in [6.07, 6.45) is 0.689. The van der Waals surface area contributed by atoms with Gasteiger partial charge in [0.15, 0.2) is 6.61 Å². The molecular formula is C25H25ClN2O4. The van der Waals surface area contributed by atoms with Crippen LogP contribution in [0.5, 0.6) is 5.75 Å². The van der Waals surface area contributed by atoms with Crippen LogP contribution >= 0.6 is 11.6 Å². The Morgan fingerprint density at radius 2 is 1.59 bits per heavy atom. The molecule has 0 aromatic heterocycles. The van der Waals surface area contributed by atoms with E-state index in [1.807, 2.05) is 60.7 Å². The summed E-state index contributed by atoms with van der Waals surface area (Å²) in [4.78, 5) is 27.2. The molecule has 3 aromatic rings. The van der Waals surface area contributed by atoms with Crippen molar-refractivity contribution in [1.29, 1.82) is 0 Å². The van der Waals surface area contributed by atoms with Gasteiger partial charge in [-0.1, -0.05) is 72.3 Å². The summed E-state index contributed by atoms with van der Waals surface area (Å²) in [5, 5.41) is 0.206. The molecule has 0 aliphatic rings. The van der Waals surface area contributed by atoms with Gasteiger partial charge in [-0.3, -0.25) is 4.79 Å². The van der Waals surface area contributed by atoms with Gasteiger partial charge in [0.05, 0.1) is 17.8 Å². The summed E-state index contributed by atoms with van der Waals surface area (Å²) in [5.41, 5.74) is 8.26. The van der Waals surface area contributed by atoms with Gasteiger partial charge in [-0.05, 0) is 23.6 Å². The van der Waals surface area contributed by atoms with Crippen molar-refractivity contribution in [3.05, 3.63) is 94.5 Å². The number of methoxy groups -OCH3 is 1. The number of anilines is 1. The number of halogens is 1. The Morgan fingerprint density at radius 1 is 0.969 bits per heavy atom. The Morgan fingerprint density at radius 3 is 2.22 bits per heavy atom. The second-order valence-corrected chi connectivity index (χ2v) is 7.59. The molecule has 0 unspecified atom stereocenters. The van der Waals surface area contributed by atoms with E-state index in [4.69, 9.17) is 26.8 Å². The lowest BCUT2D eigenvalue weighted by molar-refractivity contribution is -0.135. The molecule has 3 aromatic carbocycles. The van der Waals surface area contributed by atoms with E-state index < -0.39 is 12.6 Å². The minimum atomic E-state index is -0.708. The number of nitrogens with two attached hydrogens (primary N) is 1. The Bertz CT molecular complexity index is 1060. The number of benzene rings is 3. The number of esters is 1. The molecule has 6 nitrogen and oxygen atoms in total. The third-order valence-electron chi connectivity index (χ3n) is 4.95. The molecule has 0 saturated heterocycles. The number of hydrogen-bond acceptors (Lipinski definition) is 5. The fourth-order valence-corrected chi connectivity index (χ4v) is 3.36. The average Bonchev–Trinajstić information content (AvgIpc) is 2.82. The van der Waals surface area contributed by atoms with Gasteiger partial charge in [-0.15, -0.1) is 0 Å². The molecule has 166 valence electrons. The minimum Gasteiger partial charge on any atom is -0.496 e. The molecular weight excluding hydrogens is 428 g/mol. The van der Waals surface area contributed by atoms with Crippen LogP contribution in [0.2, 0.25) is 5.02 Å². The number of ether oxygens (including phenoxy) is 2. The summed E-state index contributed by atoms with van der Waals surface area (Å²) < 4.78 is 10.5. The molecule has 0 heterocycles. The van der Waals surface area contributed by atoms with Crippen LogP contribution in [0.4, 0.5) is 5.69 Å². The summed E-state index contributed by atoms with van der Waals surface area (Å²) in [6, 6.07) is 22.4. The Labute approximate surface area is 192 Å². The summed E-state index contributed by atoms with van der Waals surface area (Å²) in [5.74, 6) is -0.770. The maximum Gasteiger partial charge on any atom is 0.342 e. The lowest BCUT2D eigenvalue weighted by Gasteiger charge is -2.23. The van der Waals surface area contributed by atoms with Crippen molar-refractivity contribution in [3.63, 3.8) is 0 Å². The van der Waals surface area contributed by atoms with Gasteiger partial charge in [0.25, 0.3) is 5.91 Å². The molecule has 0 spiro atoms. The number of nitrogen functional groups attached to an aromatic ring is 1. The number of nitrogens with zero attached hydrogens (tertiary/aromatic N) is 1. The predicted octanol–water partition coefficient (Wildman–Crippen LogP) is 4.36. The van der Waals surface area contributed by atoms with E-state index in [2.05, 4.69) is 0 Å². The summed E-state index contributed by atoms with van der Waals surface area (Å²) in [7, 11) is 1.41. The van der Waals surface area contributed by atoms with Crippen molar-refractivity contribution < 1.29 is 19.1 Å². The van der Waals surface area contributed by atoms with Crippen molar-refractivity contribution in [1.82, 2.24) is 4.90 Å². The number of hydrogen-bond donors (Lipinski definition) is 1. The van der Waals surface area contributed by atoms with E-state index in [0.717, 1.165) is 11.1 Å². The van der Waals surface area contributed by atoms with Gasteiger partial charge >= 0.3 is 5.97 Å². The number of rotatable bonds is 9. The quantitative estimate of drug-likeness (QED) is 0.385. The molecule has 0 aliphatic heterocycles. The maximum atomic E-state index is 13.0. The zero-order valence-electron chi connectivity index (χ0n) is 17.8. The highest BCUT2D eigenvalue weighted by Gasteiger charge is 2.20. The van der Waals surface area contributed by atoms with Gasteiger partial charge in [-0.2, -0.15) is 0 Å². The van der Waals surface area contributed by atoms with Crippen molar-refractivity contribution in [2.45, 2.75) is 13.0 Å². The lowest BCUT2D eigenvalue weighted by atomic mass is 10.1. The molecule has 32 heavy (non-hydrogen) atoms. The number of carbonyl (C=O) groups excluding carboxylic acids is 2. The predicted molar refractivity (Wildman–Crippen MR) is 125 cm³/mol. The topological polar surface area (TPSA) is 81.9 Å². The van der Waals surface area contributed by atoms with Crippen molar-refractivity contribution in [2.75, 3.05) is 26.0 Å². The fourth-order valence-electron chi connectivity index (χ4n) is 3.20. The molecule has 0 bridgehead atoms. The van der Waals surface area contributed by atoms with Crippen LogP contribution in [0.25, 0.3) is 0 Å². The molecule has 0 fully saturated rings. The largest absolute Gasteiger partial charge is 0.496 e. The summed E-state index contributed by atoms with van der Waals surface area (Å²) >= 11 is 6.03. The van der Waals surface area contributed by atoms with E-state index in [1.54, 1.807) is 4.90 Å². The van der Waals surface area contributed by atoms with Gasteiger partial charge in [-0.25, -0.2) is 4.79 Å². The molecule has 2 N–H and O–H groups in total. The molecule has 0 aliphatic carbocycles. The third-order valence-corrected chi connectivity index (χ3v) is 5.27. The van der Waals surface area contributed by atoms with Crippen LogP contribution in [-0.2, 0) is 22.5 Å². The van der Waals surface area contributed by atoms with Crippen LogP contribution in [-0.4, -0.2) is 37.0 Å². The first-order valence-electron chi connectivity index (χ1n) is 10.1. The van der Waals surface area contributed by atoms with E-state index in [9.17, 15) is 9.59 Å². The smallest absolute Gasteiger partial charge is 0.342 e. The zero-order chi connectivity index (χ0) is 22.9. The molecule has 0 saturated carbocycles. The molecule has 1 amide bonds. The van der Waals surface area contributed by atoms with Gasteiger partial charge < -0.3 is 20.1 Å². The van der Waals surface area contributed by atoms with Gasteiger partial charge in [0.2, 0.25) is 0 Å². The Hall–Kier alpha value is -3.51. The normalized spacial score (nSPS) is 10.4. The molecule has 7 heteroatoms. The fraction of sp³-hybridized carbons (Fsp3) is 0.200. The average molecular weight is 453 g/mol. The number of carbonyl (C=O) groups is 2. The Kier molecular flexibility index (Phi) is 8.11. The van der Waals surface area contributed by atoms with E-state index in [0.29, 0.717) is 19.5 Å². The van der Waals surface area contributed by atoms with Crippen LogP contribution in [0.1, 0.15) is 21.5 Å². The highest BCUT2D eigenvalue weighted by atomic mass is 35.5. The first kappa shape index (κ1) is 23.2. The van der Waals surface area contributed by atoms with Gasteiger partial charge in [0.1, 0.15) is 11.3 Å². The Balaban J connectivity index is 1.68. The van der Waals surface area contributed by atoms with E-state index in [1.165, 1.54) is 19.2 Å².